The molecule has 2 rings (SSSR count). The minimum Gasteiger partial charge on any atom is -0.491 e. The van der Waals surface area contributed by atoms with Crippen LogP contribution in [0.25, 0.3) is 0 Å². The third-order valence-electron chi connectivity index (χ3n) is 3.59. The summed E-state index contributed by atoms with van der Waals surface area (Å²) in [4.78, 5) is 13.6. The van der Waals surface area contributed by atoms with E-state index in [1.165, 1.54) is 5.56 Å². The average Bonchev–Trinajstić information content (AvgIpc) is 2.90. The molecule has 0 saturated carbocycles. The topological polar surface area (TPSA) is 87.8 Å². The second-order valence-electron chi connectivity index (χ2n) is 6.30. The van der Waals surface area contributed by atoms with Crippen molar-refractivity contribution in [2.45, 2.75) is 26.9 Å². The Bertz CT molecular complexity index is 714. The van der Waals surface area contributed by atoms with Crippen LogP contribution in [0.5, 0.6) is 5.75 Å². The van der Waals surface area contributed by atoms with Crippen LogP contribution >= 0.6 is 0 Å². The maximum absolute atomic E-state index is 11.9. The number of aryl methyl sites for hydroxylation is 3. The van der Waals surface area contributed by atoms with Crippen molar-refractivity contribution in [3.05, 3.63) is 41.2 Å². The number of aliphatic hydroxyl groups excluding tert-OH is 1. The van der Waals surface area contributed by atoms with Crippen LogP contribution in [0.1, 0.15) is 16.9 Å². The lowest BCUT2D eigenvalue weighted by Crippen LogP contribution is -2.37. The highest BCUT2D eigenvalue weighted by atomic mass is 16.5. The number of hydrogen-bond acceptors (Lipinski definition) is 6. The predicted octanol–water partition coefficient (Wildman–Crippen LogP) is 1.91. The van der Waals surface area contributed by atoms with Gasteiger partial charge < -0.3 is 19.7 Å². The first-order valence-corrected chi connectivity index (χ1v) is 8.13. The van der Waals surface area contributed by atoms with Crippen LogP contribution in [-0.2, 0) is 4.79 Å². The Kier molecular flexibility index (Phi) is 6.55. The third-order valence-corrected chi connectivity index (χ3v) is 3.59. The highest BCUT2D eigenvalue weighted by Gasteiger charge is 2.14. The van der Waals surface area contributed by atoms with Gasteiger partial charge >= 0.3 is 0 Å². The second-order valence-corrected chi connectivity index (χ2v) is 6.30. The Morgan fingerprint density at radius 1 is 1.36 bits per heavy atom. The van der Waals surface area contributed by atoms with E-state index in [9.17, 15) is 9.90 Å². The van der Waals surface area contributed by atoms with Crippen LogP contribution in [0.15, 0.2) is 28.8 Å². The van der Waals surface area contributed by atoms with Gasteiger partial charge in [0, 0.05) is 12.6 Å². The van der Waals surface area contributed by atoms with Crippen LogP contribution in [0.4, 0.5) is 5.82 Å². The maximum atomic E-state index is 11.9. The van der Waals surface area contributed by atoms with Gasteiger partial charge in [-0.05, 0) is 39.4 Å². The second kappa shape index (κ2) is 8.64. The van der Waals surface area contributed by atoms with Gasteiger partial charge in [-0.15, -0.1) is 0 Å². The van der Waals surface area contributed by atoms with Crippen molar-refractivity contribution in [3.63, 3.8) is 0 Å². The Morgan fingerprint density at radius 3 is 2.76 bits per heavy atom. The zero-order valence-corrected chi connectivity index (χ0v) is 15.1. The van der Waals surface area contributed by atoms with E-state index in [0.29, 0.717) is 18.1 Å². The number of nitrogens with one attached hydrogen (secondary N) is 1. The standard InChI is InChI=1S/C18H25N3O4/c1-12-5-6-16(13(2)7-12)24-11-15(22)9-21(4)10-18(23)19-17-8-14(3)25-20-17/h5-8,15,22H,9-11H2,1-4H3,(H,19,20,23)/t15-/m0/s1. The number of nitrogens with zero attached hydrogens (tertiary/aromatic N) is 2. The summed E-state index contributed by atoms with van der Waals surface area (Å²) in [5, 5.41) is 16.5. The van der Waals surface area contributed by atoms with Crippen molar-refractivity contribution < 1.29 is 19.2 Å². The van der Waals surface area contributed by atoms with E-state index in [2.05, 4.69) is 10.5 Å². The van der Waals surface area contributed by atoms with Crippen molar-refractivity contribution in [2.24, 2.45) is 0 Å². The van der Waals surface area contributed by atoms with Gasteiger partial charge in [-0.25, -0.2) is 0 Å². The van der Waals surface area contributed by atoms with Crippen LogP contribution in [0.2, 0.25) is 0 Å². The molecule has 0 spiro atoms. The first kappa shape index (κ1) is 19.0. The van der Waals surface area contributed by atoms with Crippen LogP contribution < -0.4 is 10.1 Å². The van der Waals surface area contributed by atoms with Crippen LogP contribution in [-0.4, -0.2) is 53.9 Å². The van der Waals surface area contributed by atoms with Crippen molar-refractivity contribution >= 4 is 11.7 Å². The Balaban J connectivity index is 1.73. The number of carbonyl (C=O) groups is 1. The lowest BCUT2D eigenvalue weighted by Gasteiger charge is -2.20. The van der Waals surface area contributed by atoms with E-state index in [-0.39, 0.29) is 19.1 Å². The van der Waals surface area contributed by atoms with E-state index in [1.807, 2.05) is 32.0 Å². The largest absolute Gasteiger partial charge is 0.491 e. The number of carbonyl (C=O) groups excluding carboxylic acids is 1. The Morgan fingerprint density at radius 2 is 2.12 bits per heavy atom. The van der Waals surface area contributed by atoms with E-state index in [1.54, 1.807) is 24.9 Å². The first-order chi connectivity index (χ1) is 11.8. The molecule has 0 bridgehead atoms. The molecule has 0 aliphatic carbocycles. The van der Waals surface area contributed by atoms with Crippen molar-refractivity contribution in [1.29, 1.82) is 0 Å². The average molecular weight is 347 g/mol. The summed E-state index contributed by atoms with van der Waals surface area (Å²) < 4.78 is 10.5. The van der Waals surface area contributed by atoms with E-state index in [0.717, 1.165) is 11.3 Å². The molecule has 7 heteroatoms. The number of aromatic nitrogens is 1. The minimum absolute atomic E-state index is 0.131. The van der Waals surface area contributed by atoms with Crippen LogP contribution in [0.3, 0.4) is 0 Å². The summed E-state index contributed by atoms with van der Waals surface area (Å²) in [7, 11) is 1.76. The summed E-state index contributed by atoms with van der Waals surface area (Å²) in [6.07, 6.45) is -0.701. The van der Waals surface area contributed by atoms with Gasteiger partial charge in [0.1, 0.15) is 24.2 Å². The summed E-state index contributed by atoms with van der Waals surface area (Å²) in [5.74, 6) is 1.54. The molecule has 2 aromatic rings. The predicted molar refractivity (Wildman–Crippen MR) is 94.8 cm³/mol. The number of anilines is 1. The summed E-state index contributed by atoms with van der Waals surface area (Å²) >= 11 is 0. The van der Waals surface area contributed by atoms with E-state index >= 15 is 0 Å². The smallest absolute Gasteiger partial charge is 0.239 e. The molecule has 25 heavy (non-hydrogen) atoms. The molecule has 1 atom stereocenters. The van der Waals surface area contributed by atoms with Gasteiger partial charge in [-0.1, -0.05) is 22.9 Å². The molecule has 0 fully saturated rings. The molecule has 1 heterocycles. The van der Waals surface area contributed by atoms with Gasteiger partial charge in [0.25, 0.3) is 0 Å². The van der Waals surface area contributed by atoms with Crippen LogP contribution in [0, 0.1) is 20.8 Å². The Hall–Kier alpha value is -2.38. The zero-order valence-electron chi connectivity index (χ0n) is 15.1. The lowest BCUT2D eigenvalue weighted by atomic mass is 10.1. The molecule has 2 N–H and O–H groups in total. The number of aliphatic hydroxyl groups is 1. The molecular formula is C18H25N3O4. The number of rotatable bonds is 8. The fourth-order valence-corrected chi connectivity index (χ4v) is 2.48. The number of hydrogen-bond donors (Lipinski definition) is 2. The van der Waals surface area contributed by atoms with Gasteiger partial charge in [0.15, 0.2) is 5.82 Å². The molecule has 0 radical (unpaired) electrons. The molecular weight excluding hydrogens is 322 g/mol. The molecule has 7 nitrogen and oxygen atoms in total. The van der Waals surface area contributed by atoms with Gasteiger partial charge in [0.2, 0.25) is 5.91 Å². The summed E-state index contributed by atoms with van der Waals surface area (Å²) in [6.45, 7) is 6.35. The van der Waals surface area contributed by atoms with Crippen molar-refractivity contribution in [1.82, 2.24) is 10.1 Å². The number of ether oxygens (including phenoxy) is 1. The molecule has 1 aromatic carbocycles. The molecule has 0 aliphatic rings. The molecule has 0 saturated heterocycles. The highest BCUT2D eigenvalue weighted by Crippen LogP contribution is 2.18. The SMILES string of the molecule is Cc1ccc(OC[C@@H](O)CN(C)CC(=O)Nc2cc(C)on2)c(C)c1. The van der Waals surface area contributed by atoms with Gasteiger partial charge in [-0.2, -0.15) is 0 Å². The zero-order chi connectivity index (χ0) is 18.4. The summed E-state index contributed by atoms with van der Waals surface area (Å²) in [6, 6.07) is 7.54. The third kappa shape index (κ3) is 6.21. The highest BCUT2D eigenvalue weighted by molar-refractivity contribution is 5.91. The lowest BCUT2D eigenvalue weighted by molar-refractivity contribution is -0.117. The van der Waals surface area contributed by atoms with Crippen molar-refractivity contribution in [2.75, 3.05) is 32.1 Å². The minimum atomic E-state index is -0.701. The molecule has 1 amide bonds. The van der Waals surface area contributed by atoms with E-state index in [4.69, 9.17) is 9.26 Å². The Labute approximate surface area is 147 Å². The van der Waals surface area contributed by atoms with Crippen molar-refractivity contribution in [3.8, 4) is 5.75 Å². The normalized spacial score (nSPS) is 12.2. The quantitative estimate of drug-likeness (QED) is 0.758. The van der Waals surface area contributed by atoms with E-state index < -0.39 is 6.10 Å². The fourth-order valence-electron chi connectivity index (χ4n) is 2.48. The molecule has 0 aliphatic heterocycles. The number of amides is 1. The first-order valence-electron chi connectivity index (χ1n) is 8.13. The maximum Gasteiger partial charge on any atom is 0.239 e. The van der Waals surface area contributed by atoms with Gasteiger partial charge in [-0.3, -0.25) is 9.69 Å². The molecule has 136 valence electrons. The molecule has 1 aromatic heterocycles. The molecule has 0 unspecified atom stereocenters. The number of likely N-dealkylation sites (N-methyl/N-ethyl adjacent to an activating group) is 1. The summed E-state index contributed by atoms with van der Waals surface area (Å²) in [5.41, 5.74) is 2.20. The number of benzene rings is 1. The monoisotopic (exact) mass is 347 g/mol. The fraction of sp³-hybridized carbons (Fsp3) is 0.444. The van der Waals surface area contributed by atoms with Gasteiger partial charge in [0.05, 0.1) is 6.54 Å².